The zero-order chi connectivity index (χ0) is 13.7. The Morgan fingerprint density at radius 2 is 2.11 bits per heavy atom. The molecule has 1 fully saturated rings. The fourth-order valence-electron chi connectivity index (χ4n) is 2.84. The van der Waals surface area contributed by atoms with E-state index in [0.717, 1.165) is 32.2 Å². The summed E-state index contributed by atoms with van der Waals surface area (Å²) in [5.74, 6) is 0.0835. The van der Waals surface area contributed by atoms with E-state index in [9.17, 15) is 9.59 Å². The van der Waals surface area contributed by atoms with Crippen molar-refractivity contribution in [3.8, 4) is 0 Å². The second kappa shape index (κ2) is 6.73. The molecule has 0 radical (unpaired) electrons. The summed E-state index contributed by atoms with van der Waals surface area (Å²) in [6.45, 7) is 2.98. The first kappa shape index (κ1) is 14.1. The molecule has 106 valence electrons. The van der Waals surface area contributed by atoms with E-state index in [0.29, 0.717) is 6.42 Å². The number of nitrogens with zero attached hydrogens (tertiary/aromatic N) is 1. The average Bonchev–Trinajstić information content (AvgIpc) is 2.42. The normalized spacial score (nSPS) is 21.8. The van der Waals surface area contributed by atoms with E-state index in [2.05, 4.69) is 11.4 Å². The molecule has 19 heavy (non-hydrogen) atoms. The van der Waals surface area contributed by atoms with E-state index in [1.807, 2.05) is 6.92 Å². The molecule has 0 aromatic heterocycles. The number of allylic oxidation sites excluding steroid dienone is 1. The molecule has 0 unspecified atom stereocenters. The van der Waals surface area contributed by atoms with Crippen LogP contribution in [0.1, 0.15) is 51.9 Å². The van der Waals surface area contributed by atoms with E-state index in [-0.39, 0.29) is 24.4 Å². The average molecular weight is 264 g/mol. The fourth-order valence-corrected chi connectivity index (χ4v) is 2.84. The van der Waals surface area contributed by atoms with Crippen molar-refractivity contribution >= 4 is 11.8 Å². The van der Waals surface area contributed by atoms with Crippen LogP contribution in [-0.4, -0.2) is 35.8 Å². The van der Waals surface area contributed by atoms with Gasteiger partial charge in [-0.25, -0.2) is 0 Å². The van der Waals surface area contributed by atoms with Gasteiger partial charge in [-0.2, -0.15) is 0 Å². The molecule has 1 N–H and O–H groups in total. The van der Waals surface area contributed by atoms with Gasteiger partial charge in [0, 0.05) is 19.0 Å². The van der Waals surface area contributed by atoms with Crippen LogP contribution in [0.3, 0.4) is 0 Å². The Bertz CT molecular complexity index is 376. The molecular weight excluding hydrogens is 240 g/mol. The molecule has 4 nitrogen and oxygen atoms in total. The number of piperidine rings is 1. The number of amides is 2. The maximum Gasteiger partial charge on any atom is 0.240 e. The lowest BCUT2D eigenvalue weighted by Crippen LogP contribution is -2.45. The monoisotopic (exact) mass is 264 g/mol. The van der Waals surface area contributed by atoms with Crippen LogP contribution >= 0.6 is 0 Å². The van der Waals surface area contributed by atoms with Gasteiger partial charge in [0.15, 0.2) is 0 Å². The molecule has 4 heteroatoms. The molecule has 1 aliphatic carbocycles. The Hall–Kier alpha value is -1.32. The number of rotatable bonds is 4. The third-order valence-corrected chi connectivity index (χ3v) is 4.02. The summed E-state index contributed by atoms with van der Waals surface area (Å²) < 4.78 is 0. The van der Waals surface area contributed by atoms with Gasteiger partial charge in [0.05, 0.1) is 6.54 Å². The highest BCUT2D eigenvalue weighted by Gasteiger charge is 2.21. The Morgan fingerprint density at radius 1 is 1.32 bits per heavy atom. The van der Waals surface area contributed by atoms with E-state index in [1.165, 1.54) is 18.4 Å². The quantitative estimate of drug-likeness (QED) is 0.790. The van der Waals surface area contributed by atoms with Crippen molar-refractivity contribution in [3.63, 3.8) is 0 Å². The van der Waals surface area contributed by atoms with Crippen molar-refractivity contribution in [2.75, 3.05) is 13.1 Å². The second-order valence-corrected chi connectivity index (χ2v) is 5.59. The number of hydrogen-bond donors (Lipinski definition) is 1. The van der Waals surface area contributed by atoms with Gasteiger partial charge in [0.1, 0.15) is 0 Å². The Morgan fingerprint density at radius 3 is 2.79 bits per heavy atom. The van der Waals surface area contributed by atoms with Crippen molar-refractivity contribution in [1.82, 2.24) is 10.2 Å². The van der Waals surface area contributed by atoms with Crippen LogP contribution in [0.4, 0.5) is 0 Å². The van der Waals surface area contributed by atoms with E-state index < -0.39 is 0 Å². The largest absolute Gasteiger partial charge is 0.348 e. The maximum atomic E-state index is 12.0. The third-order valence-electron chi connectivity index (χ3n) is 4.02. The van der Waals surface area contributed by atoms with E-state index in [4.69, 9.17) is 0 Å². The minimum Gasteiger partial charge on any atom is -0.348 e. The minimum atomic E-state index is -0.0331. The first-order chi connectivity index (χ1) is 9.16. The Kier molecular flexibility index (Phi) is 5.00. The number of likely N-dealkylation sites (tertiary alicyclic amines) is 1. The molecule has 0 aromatic carbocycles. The molecule has 0 saturated carbocycles. The standard InChI is InChI=1S/C15H24N2O2/c1-12(13-7-3-2-4-8-13)16-14(18)11-17-10-6-5-9-15(17)19/h7,12H,2-6,8-11H2,1H3,(H,16,18)/t12-/m0/s1. The molecular formula is C15H24N2O2. The van der Waals surface area contributed by atoms with Crippen LogP contribution in [0.15, 0.2) is 11.6 Å². The molecule has 1 saturated heterocycles. The summed E-state index contributed by atoms with van der Waals surface area (Å²) in [7, 11) is 0. The lowest BCUT2D eigenvalue weighted by atomic mass is 9.95. The van der Waals surface area contributed by atoms with Gasteiger partial charge in [-0.3, -0.25) is 9.59 Å². The van der Waals surface area contributed by atoms with Gasteiger partial charge in [-0.1, -0.05) is 11.6 Å². The Labute approximate surface area is 115 Å². The lowest BCUT2D eigenvalue weighted by molar-refractivity contribution is -0.137. The molecule has 2 aliphatic rings. The number of carbonyl (C=O) groups is 2. The van der Waals surface area contributed by atoms with Gasteiger partial charge in [0.25, 0.3) is 0 Å². The highest BCUT2D eigenvalue weighted by Crippen LogP contribution is 2.20. The van der Waals surface area contributed by atoms with E-state index in [1.54, 1.807) is 4.90 Å². The first-order valence-electron chi connectivity index (χ1n) is 7.43. The summed E-state index contributed by atoms with van der Waals surface area (Å²) >= 11 is 0. The number of nitrogens with one attached hydrogen (secondary N) is 1. The zero-order valence-corrected chi connectivity index (χ0v) is 11.8. The van der Waals surface area contributed by atoms with E-state index >= 15 is 0 Å². The van der Waals surface area contributed by atoms with Crippen LogP contribution in [0, 0.1) is 0 Å². The van der Waals surface area contributed by atoms with Crippen LogP contribution in [0.25, 0.3) is 0 Å². The predicted molar refractivity (Wildman–Crippen MR) is 74.6 cm³/mol. The van der Waals surface area contributed by atoms with Gasteiger partial charge in [-0.05, 0) is 45.4 Å². The molecule has 1 atom stereocenters. The van der Waals surface area contributed by atoms with Crippen molar-refractivity contribution in [2.24, 2.45) is 0 Å². The smallest absolute Gasteiger partial charge is 0.240 e. The van der Waals surface area contributed by atoms with Crippen LogP contribution in [-0.2, 0) is 9.59 Å². The molecule has 2 rings (SSSR count). The Balaban J connectivity index is 1.80. The lowest BCUT2D eigenvalue weighted by Gasteiger charge is -2.27. The SMILES string of the molecule is C[C@H](NC(=O)CN1CCCCC1=O)C1=CCCCC1. The van der Waals surface area contributed by atoms with Gasteiger partial charge >= 0.3 is 0 Å². The van der Waals surface area contributed by atoms with Crippen LogP contribution in [0.5, 0.6) is 0 Å². The molecule has 0 aromatic rings. The summed E-state index contributed by atoms with van der Waals surface area (Å²) in [6, 6.07) is 0.104. The molecule has 0 spiro atoms. The molecule has 2 amide bonds. The highest BCUT2D eigenvalue weighted by molar-refractivity contribution is 5.85. The summed E-state index contributed by atoms with van der Waals surface area (Å²) in [5, 5.41) is 3.02. The topological polar surface area (TPSA) is 49.4 Å². The molecule has 1 aliphatic heterocycles. The third kappa shape index (κ3) is 4.08. The van der Waals surface area contributed by atoms with Crippen molar-refractivity contribution in [1.29, 1.82) is 0 Å². The van der Waals surface area contributed by atoms with Gasteiger partial charge in [0.2, 0.25) is 11.8 Å². The minimum absolute atomic E-state index is 0.0331. The van der Waals surface area contributed by atoms with Crippen LogP contribution in [0.2, 0.25) is 0 Å². The maximum absolute atomic E-state index is 12.0. The predicted octanol–water partition coefficient (Wildman–Crippen LogP) is 2.00. The van der Waals surface area contributed by atoms with Gasteiger partial charge in [-0.15, -0.1) is 0 Å². The van der Waals surface area contributed by atoms with Crippen molar-refractivity contribution in [2.45, 2.75) is 57.9 Å². The van der Waals surface area contributed by atoms with Crippen LogP contribution < -0.4 is 5.32 Å². The summed E-state index contributed by atoms with van der Waals surface area (Å²) in [4.78, 5) is 25.3. The van der Waals surface area contributed by atoms with Crippen molar-refractivity contribution < 1.29 is 9.59 Å². The zero-order valence-electron chi connectivity index (χ0n) is 11.8. The van der Waals surface area contributed by atoms with Gasteiger partial charge < -0.3 is 10.2 Å². The van der Waals surface area contributed by atoms with Crippen molar-refractivity contribution in [3.05, 3.63) is 11.6 Å². The number of carbonyl (C=O) groups excluding carboxylic acids is 2. The summed E-state index contributed by atoms with van der Waals surface area (Å²) in [6.07, 6.45) is 9.50. The second-order valence-electron chi connectivity index (χ2n) is 5.59. The fraction of sp³-hybridized carbons (Fsp3) is 0.733. The summed E-state index contributed by atoms with van der Waals surface area (Å²) in [5.41, 5.74) is 1.34. The first-order valence-corrected chi connectivity index (χ1v) is 7.43. The molecule has 1 heterocycles. The molecule has 0 bridgehead atoms. The number of hydrogen-bond acceptors (Lipinski definition) is 2. The highest BCUT2D eigenvalue weighted by atomic mass is 16.2.